The van der Waals surface area contributed by atoms with Crippen molar-refractivity contribution in [2.24, 2.45) is 5.41 Å². The van der Waals surface area contributed by atoms with Gasteiger partial charge in [-0.05, 0) is 43.2 Å². The number of carbonyl (C=O) groups is 1. The predicted octanol–water partition coefficient (Wildman–Crippen LogP) is 2.71. The van der Waals surface area contributed by atoms with E-state index in [2.05, 4.69) is 24.1 Å². The molecule has 1 saturated carbocycles. The molecule has 3 N–H and O–H groups in total. The quantitative estimate of drug-likeness (QED) is 0.901. The van der Waals surface area contributed by atoms with Crippen molar-refractivity contribution in [3.8, 4) is 0 Å². The minimum absolute atomic E-state index is 0. The van der Waals surface area contributed by atoms with Crippen LogP contribution in [0.1, 0.15) is 45.2 Å². The number of hydrogen-bond acceptors (Lipinski definition) is 3. The van der Waals surface area contributed by atoms with E-state index < -0.39 is 0 Å². The summed E-state index contributed by atoms with van der Waals surface area (Å²) in [6.45, 7) is 4.59. The lowest BCUT2D eigenvalue weighted by molar-refractivity contribution is -0.121. The van der Waals surface area contributed by atoms with Crippen LogP contribution >= 0.6 is 12.4 Å². The molecule has 0 radical (unpaired) electrons. The van der Waals surface area contributed by atoms with E-state index in [1.54, 1.807) is 18.3 Å². The number of aromatic nitrogens is 1. The summed E-state index contributed by atoms with van der Waals surface area (Å²) in [6.07, 6.45) is 6.43. The summed E-state index contributed by atoms with van der Waals surface area (Å²) in [5.41, 5.74) is 7.39. The Morgan fingerprint density at radius 2 is 2.05 bits per heavy atom. The summed E-state index contributed by atoms with van der Waals surface area (Å²) in [5.74, 6) is 0.0574. The summed E-state index contributed by atoms with van der Waals surface area (Å²) in [5, 5.41) is 3.11. The first-order chi connectivity index (χ1) is 8.94. The van der Waals surface area contributed by atoms with Crippen molar-refractivity contribution < 1.29 is 4.79 Å². The predicted molar refractivity (Wildman–Crippen MR) is 83.8 cm³/mol. The number of halogens is 1. The maximum absolute atomic E-state index is 11.9. The maximum Gasteiger partial charge on any atom is 0.226 e. The number of nitrogens with zero attached hydrogens (tertiary/aromatic N) is 1. The first-order valence-corrected chi connectivity index (χ1v) is 6.94. The highest BCUT2D eigenvalue weighted by molar-refractivity contribution is 5.85. The summed E-state index contributed by atoms with van der Waals surface area (Å²) in [7, 11) is 0. The second kappa shape index (κ2) is 6.93. The molecule has 1 aromatic heterocycles. The smallest absolute Gasteiger partial charge is 0.226 e. The zero-order valence-electron chi connectivity index (χ0n) is 12.2. The molecule has 0 atom stereocenters. The third kappa shape index (κ3) is 5.00. The van der Waals surface area contributed by atoms with Gasteiger partial charge in [0.2, 0.25) is 5.91 Å². The van der Waals surface area contributed by atoms with Crippen LogP contribution in [0.4, 0.5) is 5.69 Å². The second-order valence-electron chi connectivity index (χ2n) is 6.27. The van der Waals surface area contributed by atoms with Crippen molar-refractivity contribution >= 4 is 24.0 Å². The topological polar surface area (TPSA) is 68.0 Å². The van der Waals surface area contributed by atoms with Gasteiger partial charge in [-0.1, -0.05) is 13.8 Å². The maximum atomic E-state index is 11.9. The zero-order valence-corrected chi connectivity index (χ0v) is 13.0. The normalized spacial score (nSPS) is 18.1. The molecule has 1 fully saturated rings. The summed E-state index contributed by atoms with van der Waals surface area (Å²) < 4.78 is 0. The molecule has 0 spiro atoms. The molecule has 4 nitrogen and oxygen atoms in total. The van der Waals surface area contributed by atoms with E-state index in [9.17, 15) is 4.79 Å². The monoisotopic (exact) mass is 297 g/mol. The van der Waals surface area contributed by atoms with Crippen LogP contribution in [-0.4, -0.2) is 16.9 Å². The van der Waals surface area contributed by atoms with Crippen molar-refractivity contribution in [3.63, 3.8) is 0 Å². The molecule has 112 valence electrons. The van der Waals surface area contributed by atoms with Gasteiger partial charge in [0.05, 0.1) is 18.3 Å². The van der Waals surface area contributed by atoms with Crippen LogP contribution in [0, 0.1) is 5.41 Å². The van der Waals surface area contributed by atoms with Gasteiger partial charge in [0, 0.05) is 11.7 Å². The number of pyridine rings is 1. The van der Waals surface area contributed by atoms with Crippen LogP contribution < -0.4 is 11.1 Å². The molecule has 20 heavy (non-hydrogen) atoms. The van der Waals surface area contributed by atoms with E-state index in [1.165, 1.54) is 12.8 Å². The fourth-order valence-corrected chi connectivity index (χ4v) is 2.53. The van der Waals surface area contributed by atoms with Crippen LogP contribution in [0.15, 0.2) is 18.3 Å². The van der Waals surface area contributed by atoms with Crippen molar-refractivity contribution in [1.29, 1.82) is 0 Å². The van der Waals surface area contributed by atoms with Crippen molar-refractivity contribution in [2.45, 2.75) is 52.0 Å². The number of nitrogens with two attached hydrogens (primary N) is 1. The van der Waals surface area contributed by atoms with E-state index in [1.807, 2.05) is 0 Å². The van der Waals surface area contributed by atoms with Gasteiger partial charge >= 0.3 is 0 Å². The molecule has 1 aromatic rings. The SMILES string of the molecule is CC1(C)CCC(NC(=O)Cc2ccc(N)cn2)CC1.Cl. The Labute approximate surface area is 126 Å². The van der Waals surface area contributed by atoms with Crippen LogP contribution in [0.25, 0.3) is 0 Å². The lowest BCUT2D eigenvalue weighted by atomic mass is 9.75. The average Bonchev–Trinajstić information content (AvgIpc) is 2.35. The fourth-order valence-electron chi connectivity index (χ4n) is 2.53. The zero-order chi connectivity index (χ0) is 13.9. The number of nitrogens with one attached hydrogen (secondary N) is 1. The van der Waals surface area contributed by atoms with E-state index in [0.29, 0.717) is 23.6 Å². The van der Waals surface area contributed by atoms with Gasteiger partial charge in [-0.15, -0.1) is 12.4 Å². The van der Waals surface area contributed by atoms with Gasteiger partial charge in [-0.2, -0.15) is 0 Å². The van der Waals surface area contributed by atoms with Crippen LogP contribution in [0.3, 0.4) is 0 Å². The van der Waals surface area contributed by atoms with Gasteiger partial charge in [-0.3, -0.25) is 9.78 Å². The molecule has 1 aliphatic rings. The standard InChI is InChI=1S/C15H23N3O.ClH/c1-15(2)7-5-12(6-8-15)18-14(19)9-13-4-3-11(16)10-17-13;/h3-4,10,12H,5-9,16H2,1-2H3,(H,18,19);1H. The Hall–Kier alpha value is -1.29. The molecule has 1 aliphatic carbocycles. The Morgan fingerprint density at radius 1 is 1.40 bits per heavy atom. The summed E-state index contributed by atoms with van der Waals surface area (Å²) >= 11 is 0. The van der Waals surface area contributed by atoms with Crippen LogP contribution in [0.2, 0.25) is 0 Å². The molecule has 1 amide bonds. The lowest BCUT2D eigenvalue weighted by Crippen LogP contribution is -2.40. The molecule has 0 aromatic carbocycles. The van der Waals surface area contributed by atoms with Crippen LogP contribution in [0.5, 0.6) is 0 Å². The number of anilines is 1. The summed E-state index contributed by atoms with van der Waals surface area (Å²) in [6, 6.07) is 3.91. The second-order valence-corrected chi connectivity index (χ2v) is 6.27. The highest BCUT2D eigenvalue weighted by Crippen LogP contribution is 2.34. The van der Waals surface area contributed by atoms with E-state index in [0.717, 1.165) is 18.5 Å². The van der Waals surface area contributed by atoms with Crippen LogP contribution in [-0.2, 0) is 11.2 Å². The van der Waals surface area contributed by atoms with Gasteiger partial charge in [0.25, 0.3) is 0 Å². The van der Waals surface area contributed by atoms with Crippen molar-refractivity contribution in [1.82, 2.24) is 10.3 Å². The Kier molecular flexibility index (Phi) is 5.81. The highest BCUT2D eigenvalue weighted by Gasteiger charge is 2.27. The molecular weight excluding hydrogens is 274 g/mol. The van der Waals surface area contributed by atoms with E-state index in [-0.39, 0.29) is 18.3 Å². The molecule has 0 bridgehead atoms. The molecular formula is C15H24ClN3O. The Balaban J connectivity index is 0.00000200. The molecule has 1 heterocycles. The van der Waals surface area contributed by atoms with Crippen molar-refractivity contribution in [2.75, 3.05) is 5.73 Å². The molecule has 5 heteroatoms. The number of hydrogen-bond donors (Lipinski definition) is 2. The third-order valence-corrected chi connectivity index (χ3v) is 3.89. The largest absolute Gasteiger partial charge is 0.397 e. The van der Waals surface area contributed by atoms with Gasteiger partial charge < -0.3 is 11.1 Å². The van der Waals surface area contributed by atoms with Gasteiger partial charge in [-0.25, -0.2) is 0 Å². The number of nitrogen functional groups attached to an aromatic ring is 1. The van der Waals surface area contributed by atoms with E-state index in [4.69, 9.17) is 5.73 Å². The summed E-state index contributed by atoms with van der Waals surface area (Å²) in [4.78, 5) is 16.1. The first-order valence-electron chi connectivity index (χ1n) is 6.94. The molecule has 0 saturated heterocycles. The number of rotatable bonds is 3. The van der Waals surface area contributed by atoms with Gasteiger partial charge in [0.1, 0.15) is 0 Å². The van der Waals surface area contributed by atoms with Crippen molar-refractivity contribution in [3.05, 3.63) is 24.0 Å². The lowest BCUT2D eigenvalue weighted by Gasteiger charge is -2.34. The number of amides is 1. The highest BCUT2D eigenvalue weighted by atomic mass is 35.5. The van der Waals surface area contributed by atoms with E-state index >= 15 is 0 Å². The molecule has 0 unspecified atom stereocenters. The Morgan fingerprint density at radius 3 is 2.60 bits per heavy atom. The fraction of sp³-hybridized carbons (Fsp3) is 0.600. The minimum Gasteiger partial charge on any atom is -0.397 e. The van der Waals surface area contributed by atoms with Gasteiger partial charge in [0.15, 0.2) is 0 Å². The first kappa shape index (κ1) is 16.8. The Bertz CT molecular complexity index is 435. The minimum atomic E-state index is 0. The average molecular weight is 298 g/mol. The number of carbonyl (C=O) groups excluding carboxylic acids is 1. The molecule has 2 rings (SSSR count). The molecule has 0 aliphatic heterocycles. The third-order valence-electron chi connectivity index (χ3n) is 3.89.